The van der Waals surface area contributed by atoms with Gasteiger partial charge in [0.25, 0.3) is 0 Å². The first-order valence-corrected chi connectivity index (χ1v) is 6.47. The van der Waals surface area contributed by atoms with Crippen molar-refractivity contribution in [3.63, 3.8) is 0 Å². The third kappa shape index (κ3) is 1.54. The van der Waals surface area contributed by atoms with Crippen molar-refractivity contribution in [3.05, 3.63) is 47.0 Å². The predicted octanol–water partition coefficient (Wildman–Crippen LogP) is 3.87. The van der Waals surface area contributed by atoms with Crippen LogP contribution < -0.4 is 5.73 Å². The maximum absolute atomic E-state index is 6.22. The average molecular weight is 242 g/mol. The minimum Gasteiger partial charge on any atom is -0.384 e. The lowest BCUT2D eigenvalue weighted by atomic mass is 10.1. The van der Waals surface area contributed by atoms with Gasteiger partial charge >= 0.3 is 0 Å². The van der Waals surface area contributed by atoms with Gasteiger partial charge in [-0.15, -0.1) is 11.3 Å². The highest BCUT2D eigenvalue weighted by Crippen LogP contribution is 2.33. The summed E-state index contributed by atoms with van der Waals surface area (Å²) in [7, 11) is 0. The number of thiazole rings is 1. The van der Waals surface area contributed by atoms with Gasteiger partial charge < -0.3 is 5.73 Å². The van der Waals surface area contributed by atoms with E-state index in [0.717, 1.165) is 11.4 Å². The molecule has 2 N–H and O–H groups in total. The number of hydrogen-bond donors (Lipinski definition) is 1. The number of nitrogens with zero attached hydrogens (tertiary/aromatic N) is 1. The summed E-state index contributed by atoms with van der Waals surface area (Å²) in [6.07, 6.45) is 0. The van der Waals surface area contributed by atoms with Gasteiger partial charge in [0, 0.05) is 16.6 Å². The number of nitrogens with two attached hydrogens (primary N) is 1. The van der Waals surface area contributed by atoms with Gasteiger partial charge in [0.05, 0.1) is 0 Å². The van der Waals surface area contributed by atoms with Gasteiger partial charge in [-0.1, -0.05) is 29.8 Å². The molecule has 0 unspecified atom stereocenters. The van der Waals surface area contributed by atoms with Crippen molar-refractivity contribution in [2.75, 3.05) is 5.73 Å². The molecule has 3 rings (SSSR count). The maximum atomic E-state index is 6.22. The molecule has 17 heavy (non-hydrogen) atoms. The Morgan fingerprint density at radius 2 is 1.82 bits per heavy atom. The van der Waals surface area contributed by atoms with Crippen LogP contribution in [0.3, 0.4) is 0 Å². The Morgan fingerprint density at radius 3 is 2.47 bits per heavy atom. The largest absolute Gasteiger partial charge is 0.384 e. The Hall–Kier alpha value is -1.74. The average Bonchev–Trinajstić information content (AvgIpc) is 2.83. The number of aryl methyl sites for hydroxylation is 2. The SMILES string of the molecule is Cc1ccc(-c2cc3scc(C)n3c2N)cc1. The highest BCUT2D eigenvalue weighted by Gasteiger charge is 2.11. The molecule has 2 nitrogen and oxygen atoms in total. The smallest absolute Gasteiger partial charge is 0.116 e. The topological polar surface area (TPSA) is 30.4 Å². The Balaban J connectivity index is 2.23. The number of hydrogen-bond acceptors (Lipinski definition) is 2. The molecule has 3 heteroatoms. The standard InChI is InChI=1S/C14H14N2S/c1-9-3-5-11(6-4-9)12-7-13-16(14(12)15)10(2)8-17-13/h3-8H,15H2,1-2H3. The Kier molecular flexibility index (Phi) is 2.23. The fourth-order valence-electron chi connectivity index (χ4n) is 2.11. The maximum Gasteiger partial charge on any atom is 0.116 e. The highest BCUT2D eigenvalue weighted by molar-refractivity contribution is 7.15. The van der Waals surface area contributed by atoms with E-state index in [-0.39, 0.29) is 0 Å². The molecule has 0 bridgehead atoms. The van der Waals surface area contributed by atoms with E-state index in [1.165, 1.54) is 21.7 Å². The van der Waals surface area contributed by atoms with Crippen molar-refractivity contribution in [2.45, 2.75) is 13.8 Å². The monoisotopic (exact) mass is 242 g/mol. The summed E-state index contributed by atoms with van der Waals surface area (Å²) in [6, 6.07) is 10.7. The number of anilines is 1. The molecule has 1 aromatic carbocycles. The van der Waals surface area contributed by atoms with Gasteiger partial charge in [0.2, 0.25) is 0 Å². The third-order valence-corrected chi connectivity index (χ3v) is 4.07. The van der Waals surface area contributed by atoms with E-state index in [9.17, 15) is 0 Å². The number of fused-ring (bicyclic) bond motifs is 1. The van der Waals surface area contributed by atoms with Crippen LogP contribution in [0.2, 0.25) is 0 Å². The lowest BCUT2D eigenvalue weighted by molar-refractivity contribution is 1.15. The molecule has 0 aliphatic carbocycles. The molecule has 86 valence electrons. The van der Waals surface area contributed by atoms with Gasteiger partial charge in [-0.2, -0.15) is 0 Å². The van der Waals surface area contributed by atoms with Crippen LogP contribution in [-0.4, -0.2) is 4.40 Å². The second kappa shape index (κ2) is 3.64. The predicted molar refractivity (Wildman–Crippen MR) is 74.6 cm³/mol. The molecule has 3 aromatic rings. The van der Waals surface area contributed by atoms with Crippen LogP contribution in [0.1, 0.15) is 11.3 Å². The minimum absolute atomic E-state index is 0.836. The van der Waals surface area contributed by atoms with Crippen LogP contribution in [0.15, 0.2) is 35.7 Å². The van der Waals surface area contributed by atoms with Gasteiger partial charge in [-0.3, -0.25) is 4.40 Å². The van der Waals surface area contributed by atoms with Crippen LogP contribution in [0, 0.1) is 13.8 Å². The molecule has 2 heterocycles. The summed E-state index contributed by atoms with van der Waals surface area (Å²) >= 11 is 1.73. The molecule has 0 fully saturated rings. The van der Waals surface area contributed by atoms with E-state index in [0.29, 0.717) is 0 Å². The van der Waals surface area contributed by atoms with E-state index >= 15 is 0 Å². The second-order valence-corrected chi connectivity index (χ2v) is 5.25. The summed E-state index contributed by atoms with van der Waals surface area (Å²) in [5.74, 6) is 0.836. The Labute approximate surface area is 104 Å². The fourth-order valence-corrected chi connectivity index (χ4v) is 3.04. The molecular formula is C14H14N2S. The molecule has 0 spiro atoms. The molecule has 0 saturated heterocycles. The first-order valence-electron chi connectivity index (χ1n) is 5.59. The van der Waals surface area contributed by atoms with Crippen LogP contribution in [0.5, 0.6) is 0 Å². The van der Waals surface area contributed by atoms with E-state index in [4.69, 9.17) is 5.73 Å². The molecule has 0 aliphatic rings. The zero-order valence-electron chi connectivity index (χ0n) is 9.90. The molecule has 0 radical (unpaired) electrons. The van der Waals surface area contributed by atoms with Crippen molar-refractivity contribution < 1.29 is 0 Å². The molecule has 0 saturated carbocycles. The lowest BCUT2D eigenvalue weighted by Crippen LogP contribution is -1.94. The molecular weight excluding hydrogens is 228 g/mol. The van der Waals surface area contributed by atoms with Gasteiger partial charge in [0.1, 0.15) is 10.6 Å². The molecule has 0 atom stereocenters. The molecule has 2 aromatic heterocycles. The first kappa shape index (κ1) is 10.4. The summed E-state index contributed by atoms with van der Waals surface area (Å²) in [5, 5.41) is 2.13. The van der Waals surface area contributed by atoms with Crippen LogP contribution >= 0.6 is 11.3 Å². The minimum atomic E-state index is 0.836. The fraction of sp³-hybridized carbons (Fsp3) is 0.143. The van der Waals surface area contributed by atoms with E-state index in [1.807, 2.05) is 0 Å². The summed E-state index contributed by atoms with van der Waals surface area (Å²) < 4.78 is 2.11. The van der Waals surface area contributed by atoms with Crippen molar-refractivity contribution >= 4 is 22.0 Å². The van der Waals surface area contributed by atoms with E-state index in [2.05, 4.69) is 54.0 Å². The number of nitrogen functional groups attached to an aromatic ring is 1. The quantitative estimate of drug-likeness (QED) is 0.690. The van der Waals surface area contributed by atoms with Gasteiger partial charge in [-0.05, 0) is 25.5 Å². The lowest BCUT2D eigenvalue weighted by Gasteiger charge is -2.02. The third-order valence-electron chi connectivity index (χ3n) is 3.07. The van der Waals surface area contributed by atoms with Crippen molar-refractivity contribution in [2.24, 2.45) is 0 Å². The second-order valence-electron chi connectivity index (χ2n) is 4.36. The van der Waals surface area contributed by atoms with Crippen molar-refractivity contribution in [1.29, 1.82) is 0 Å². The van der Waals surface area contributed by atoms with E-state index in [1.54, 1.807) is 11.3 Å². The molecule has 0 aliphatic heterocycles. The number of rotatable bonds is 1. The summed E-state index contributed by atoms with van der Waals surface area (Å²) in [4.78, 5) is 1.20. The normalized spacial score (nSPS) is 11.2. The van der Waals surface area contributed by atoms with Crippen molar-refractivity contribution in [3.8, 4) is 11.1 Å². The van der Waals surface area contributed by atoms with Crippen LogP contribution in [-0.2, 0) is 0 Å². The zero-order chi connectivity index (χ0) is 12.0. The Morgan fingerprint density at radius 1 is 1.12 bits per heavy atom. The summed E-state index contributed by atoms with van der Waals surface area (Å²) in [6.45, 7) is 4.17. The first-order chi connectivity index (χ1) is 8.16. The van der Waals surface area contributed by atoms with Crippen molar-refractivity contribution in [1.82, 2.24) is 4.40 Å². The van der Waals surface area contributed by atoms with E-state index < -0.39 is 0 Å². The Bertz CT molecular complexity index is 674. The van der Waals surface area contributed by atoms with Crippen LogP contribution in [0.4, 0.5) is 5.82 Å². The zero-order valence-corrected chi connectivity index (χ0v) is 10.7. The van der Waals surface area contributed by atoms with Gasteiger partial charge in [-0.25, -0.2) is 0 Å². The summed E-state index contributed by atoms with van der Waals surface area (Å²) in [5.41, 5.74) is 11.0. The number of aromatic nitrogens is 1. The highest BCUT2D eigenvalue weighted by atomic mass is 32.1. The van der Waals surface area contributed by atoms with Crippen LogP contribution in [0.25, 0.3) is 16.0 Å². The number of benzene rings is 1. The van der Waals surface area contributed by atoms with Gasteiger partial charge in [0.15, 0.2) is 0 Å². The molecule has 0 amide bonds.